The first-order chi connectivity index (χ1) is 0. The first-order valence-corrected chi connectivity index (χ1v) is 0. The molecular formula is LaLiO6TiZr. The van der Waals surface area contributed by atoms with E-state index in [0.29, 0.717) is 0 Å². The third kappa shape index (κ3) is 116. The fraction of sp³-hybridized carbons (Fsp3) is 0. The third-order valence-corrected chi connectivity index (χ3v) is 0. The summed E-state index contributed by atoms with van der Waals surface area (Å²) >= 11 is 0. The van der Waals surface area contributed by atoms with Crippen LogP contribution in [0.25, 0.3) is 0 Å². The van der Waals surface area contributed by atoms with Crippen molar-refractivity contribution in [1.29, 1.82) is 0 Å². The molecule has 0 saturated carbocycles. The van der Waals surface area contributed by atoms with E-state index >= 15 is 0 Å². The van der Waals surface area contributed by atoms with Gasteiger partial charge in [-0.05, 0) is 0 Å². The van der Waals surface area contributed by atoms with Gasteiger partial charge in [0, 0.05) is 0 Å². The van der Waals surface area contributed by atoms with Crippen LogP contribution >= 0.6 is 0 Å². The standard InChI is InChI=1S/La.Li.6O.Ti.Zr/q+3;+1;6*-2;2*+4. The van der Waals surface area contributed by atoms with Crippen molar-refractivity contribution in [3.8, 4) is 0 Å². The molecule has 0 radical (unpaired) electrons. The Labute approximate surface area is 133 Å². The zero-order valence-electron chi connectivity index (χ0n) is 5.03. The van der Waals surface area contributed by atoms with Gasteiger partial charge in [-0.1, -0.05) is 0 Å². The van der Waals surface area contributed by atoms with Crippen molar-refractivity contribution < 1.29 is 135 Å². The molecule has 0 aromatic heterocycles. The Hall–Kier alpha value is 3.15. The molecule has 0 aliphatic rings. The summed E-state index contributed by atoms with van der Waals surface area (Å²) in [5, 5.41) is 0. The summed E-state index contributed by atoms with van der Waals surface area (Å²) in [6, 6.07) is 0. The summed E-state index contributed by atoms with van der Waals surface area (Å²) in [5.74, 6) is 0. The molecule has 0 N–H and O–H groups in total. The van der Waals surface area contributed by atoms with Crippen LogP contribution in [0.1, 0.15) is 0 Å². The van der Waals surface area contributed by atoms with Gasteiger partial charge in [-0.2, -0.15) is 0 Å². The minimum Gasteiger partial charge on any atom is -2.00 e. The van der Waals surface area contributed by atoms with Crippen LogP contribution in [0.5, 0.6) is 0 Å². The Bertz CT molecular complexity index is 17.7. The van der Waals surface area contributed by atoms with E-state index in [4.69, 9.17) is 0 Å². The second-order valence-electron chi connectivity index (χ2n) is 0. The van der Waals surface area contributed by atoms with E-state index in [9.17, 15) is 0 Å². The van der Waals surface area contributed by atoms with Gasteiger partial charge in [0.1, 0.15) is 0 Å². The summed E-state index contributed by atoms with van der Waals surface area (Å²) in [5.41, 5.74) is 0. The first-order valence-electron chi connectivity index (χ1n) is 0. The summed E-state index contributed by atoms with van der Waals surface area (Å²) < 4.78 is 0. The van der Waals surface area contributed by atoms with E-state index in [1.54, 1.807) is 0 Å². The Morgan fingerprint density at radius 1 is 0.500 bits per heavy atom. The van der Waals surface area contributed by atoms with Gasteiger partial charge in [-0.3, -0.25) is 0 Å². The average Bonchev–Trinajstić information content (AvgIpc) is 0. The maximum Gasteiger partial charge on any atom is 4.00 e. The van der Waals surface area contributed by atoms with Gasteiger partial charge in [0.15, 0.2) is 0 Å². The summed E-state index contributed by atoms with van der Waals surface area (Å²) in [7, 11) is 0. The zero-order chi connectivity index (χ0) is 0. The van der Waals surface area contributed by atoms with Crippen molar-refractivity contribution in [2.45, 2.75) is 0 Å². The van der Waals surface area contributed by atoms with E-state index < -0.39 is 0 Å². The molecule has 0 saturated heterocycles. The van der Waals surface area contributed by atoms with Crippen LogP contribution < -0.4 is 18.9 Å². The van der Waals surface area contributed by atoms with Crippen molar-refractivity contribution >= 4 is 0 Å². The molecule has 0 aliphatic carbocycles. The van der Waals surface area contributed by atoms with Gasteiger partial charge in [-0.15, -0.1) is 0 Å². The molecule has 10 heavy (non-hydrogen) atoms. The molecule has 10 heteroatoms. The Balaban J connectivity index is 0. The Morgan fingerprint density at radius 2 is 0.500 bits per heavy atom. The van der Waals surface area contributed by atoms with Crippen LogP contribution in [0.4, 0.5) is 0 Å². The summed E-state index contributed by atoms with van der Waals surface area (Å²) in [6.07, 6.45) is 0. The number of rotatable bonds is 0. The van der Waals surface area contributed by atoms with Crippen molar-refractivity contribution in [2.75, 3.05) is 0 Å². The van der Waals surface area contributed by atoms with Gasteiger partial charge < -0.3 is 32.9 Å². The van der Waals surface area contributed by atoms with Crippen LogP contribution in [0.3, 0.4) is 0 Å². The molecule has 0 bridgehead atoms. The molecule has 0 rings (SSSR count). The minimum atomic E-state index is 0. The maximum absolute atomic E-state index is 0. The number of hydrogen-bond donors (Lipinski definition) is 0. The molecule has 0 aromatic carbocycles. The second-order valence-corrected chi connectivity index (χ2v) is 0. The Kier molecular flexibility index (Phi) is 2980. The van der Waals surface area contributed by atoms with E-state index in [-0.39, 0.29) is 135 Å². The van der Waals surface area contributed by atoms with Crippen LogP contribution in [-0.2, 0) is 80.8 Å². The monoisotopic (exact) mass is 380 g/mol. The molecule has 48 valence electrons. The molecule has 0 aliphatic heterocycles. The molecular weight excluding hydrogens is 381 g/mol. The van der Waals surface area contributed by atoms with Crippen molar-refractivity contribution in [3.05, 3.63) is 0 Å². The van der Waals surface area contributed by atoms with Crippen molar-refractivity contribution in [1.82, 2.24) is 0 Å². The molecule has 0 heterocycles. The van der Waals surface area contributed by atoms with E-state index in [0.717, 1.165) is 0 Å². The van der Waals surface area contributed by atoms with E-state index in [2.05, 4.69) is 0 Å². The summed E-state index contributed by atoms with van der Waals surface area (Å²) in [4.78, 5) is 0. The zero-order valence-corrected chi connectivity index (χ0v) is 12.7. The first kappa shape index (κ1) is 196. The molecule has 0 spiro atoms. The molecule has 0 amide bonds. The van der Waals surface area contributed by atoms with Gasteiger partial charge >= 0.3 is 102 Å². The van der Waals surface area contributed by atoms with E-state index in [1.807, 2.05) is 0 Å². The molecule has 0 fully saturated rings. The van der Waals surface area contributed by atoms with Crippen LogP contribution in [0.2, 0.25) is 0 Å². The van der Waals surface area contributed by atoms with Crippen LogP contribution in [-0.4, -0.2) is 0 Å². The maximum atomic E-state index is 0. The van der Waals surface area contributed by atoms with Gasteiger partial charge in [-0.25, -0.2) is 0 Å². The average molecular weight is 381 g/mol. The van der Waals surface area contributed by atoms with Gasteiger partial charge in [0.2, 0.25) is 0 Å². The normalized spacial score (nSPS) is 0. The van der Waals surface area contributed by atoms with Crippen LogP contribution in [0.15, 0.2) is 0 Å². The van der Waals surface area contributed by atoms with Gasteiger partial charge in [0.25, 0.3) is 0 Å². The molecule has 0 aromatic rings. The van der Waals surface area contributed by atoms with Crippen molar-refractivity contribution in [2.24, 2.45) is 0 Å². The largest absolute Gasteiger partial charge is 4.00 e. The van der Waals surface area contributed by atoms with Crippen molar-refractivity contribution in [3.63, 3.8) is 0 Å². The summed E-state index contributed by atoms with van der Waals surface area (Å²) in [6.45, 7) is 0. The molecule has 0 unspecified atom stereocenters. The Morgan fingerprint density at radius 3 is 0.500 bits per heavy atom. The molecule has 0 atom stereocenters. The smallest absolute Gasteiger partial charge is 2.00 e. The fourth-order valence-corrected chi connectivity index (χ4v) is 0. The third-order valence-electron chi connectivity index (χ3n) is 0. The number of hydrogen-bond acceptors (Lipinski definition) is 0. The fourth-order valence-electron chi connectivity index (χ4n) is 0. The predicted octanol–water partition coefficient (Wildman–Crippen LogP) is -3.71. The quantitative estimate of drug-likeness (QED) is 0.376. The van der Waals surface area contributed by atoms with Gasteiger partial charge in [0.05, 0.1) is 0 Å². The minimum absolute atomic E-state index is 0. The SMILES string of the molecule is [La+3].[Li+].[O-2].[O-2].[O-2].[O-2].[O-2].[O-2].[Ti+4].[Zr+4]. The molecule has 6 nitrogen and oxygen atoms in total. The topological polar surface area (TPSA) is 171 Å². The van der Waals surface area contributed by atoms with Crippen LogP contribution in [0, 0.1) is 35.6 Å². The predicted molar refractivity (Wildman–Crippen MR) is 4.12 cm³/mol. The second kappa shape index (κ2) is 152. The van der Waals surface area contributed by atoms with E-state index in [1.165, 1.54) is 0 Å².